The number of rotatable bonds is 4. The summed E-state index contributed by atoms with van der Waals surface area (Å²) < 4.78 is 13.6. The zero-order valence-corrected chi connectivity index (χ0v) is 11.4. The molecule has 5 heteroatoms. The lowest BCUT2D eigenvalue weighted by molar-refractivity contribution is 0.587. The van der Waals surface area contributed by atoms with Crippen LogP contribution in [0.1, 0.15) is 17.3 Å². The molecule has 0 aliphatic heterocycles. The first kappa shape index (κ1) is 13.5. The second-order valence-electron chi connectivity index (χ2n) is 4.80. The summed E-state index contributed by atoms with van der Waals surface area (Å²) in [5.41, 5.74) is 8.19. The predicted octanol–water partition coefficient (Wildman–Crippen LogP) is 2.65. The molecule has 1 atom stereocenters. The number of nitrogens with zero attached hydrogens (tertiary/aromatic N) is 3. The van der Waals surface area contributed by atoms with Crippen LogP contribution in [-0.4, -0.2) is 15.0 Å². The van der Waals surface area contributed by atoms with Crippen molar-refractivity contribution in [2.24, 2.45) is 5.73 Å². The average molecular weight is 282 g/mol. The van der Waals surface area contributed by atoms with Gasteiger partial charge in [-0.2, -0.15) is 15.0 Å². The highest BCUT2D eigenvalue weighted by Crippen LogP contribution is 2.16. The van der Waals surface area contributed by atoms with Crippen LogP contribution in [0.15, 0.2) is 60.8 Å². The molecule has 1 aromatic heterocycles. The SMILES string of the molecule is NC(Cc1ccccc1F)c1cnn(-c2ccccc2)n1. The molecule has 0 saturated heterocycles. The van der Waals surface area contributed by atoms with Crippen LogP contribution >= 0.6 is 0 Å². The number of para-hydroxylation sites is 1. The Morgan fingerprint density at radius 1 is 1.05 bits per heavy atom. The van der Waals surface area contributed by atoms with Gasteiger partial charge in [-0.15, -0.1) is 0 Å². The highest BCUT2D eigenvalue weighted by Gasteiger charge is 2.14. The molecule has 1 unspecified atom stereocenters. The van der Waals surface area contributed by atoms with E-state index in [0.29, 0.717) is 17.7 Å². The molecule has 0 saturated carbocycles. The van der Waals surface area contributed by atoms with Crippen LogP contribution in [0.3, 0.4) is 0 Å². The summed E-state index contributed by atoms with van der Waals surface area (Å²) in [4.78, 5) is 1.52. The van der Waals surface area contributed by atoms with Gasteiger partial charge in [0.1, 0.15) is 11.5 Å². The van der Waals surface area contributed by atoms with Gasteiger partial charge >= 0.3 is 0 Å². The molecule has 106 valence electrons. The van der Waals surface area contributed by atoms with Gasteiger partial charge < -0.3 is 5.73 Å². The molecule has 0 aliphatic carbocycles. The van der Waals surface area contributed by atoms with Crippen LogP contribution in [0.4, 0.5) is 4.39 Å². The van der Waals surface area contributed by atoms with E-state index in [1.807, 2.05) is 30.3 Å². The molecule has 3 aromatic rings. The fraction of sp³-hybridized carbons (Fsp3) is 0.125. The Balaban J connectivity index is 1.79. The number of nitrogens with two attached hydrogens (primary N) is 1. The molecule has 0 bridgehead atoms. The third-order valence-corrected chi connectivity index (χ3v) is 3.27. The Labute approximate surface area is 122 Å². The minimum Gasteiger partial charge on any atom is -0.322 e. The summed E-state index contributed by atoms with van der Waals surface area (Å²) in [5.74, 6) is -0.247. The Morgan fingerprint density at radius 2 is 1.76 bits per heavy atom. The van der Waals surface area contributed by atoms with Crippen molar-refractivity contribution in [3.05, 3.63) is 77.9 Å². The summed E-state index contributed by atoms with van der Waals surface area (Å²) in [6, 6.07) is 15.8. The van der Waals surface area contributed by atoms with Crippen LogP contribution in [0.5, 0.6) is 0 Å². The van der Waals surface area contributed by atoms with Crippen LogP contribution in [-0.2, 0) is 6.42 Å². The highest BCUT2D eigenvalue weighted by molar-refractivity contribution is 5.29. The maximum Gasteiger partial charge on any atom is 0.126 e. The number of hydrogen-bond acceptors (Lipinski definition) is 3. The Morgan fingerprint density at radius 3 is 2.52 bits per heavy atom. The first-order valence-electron chi connectivity index (χ1n) is 6.70. The summed E-state index contributed by atoms with van der Waals surface area (Å²) in [7, 11) is 0. The second-order valence-corrected chi connectivity index (χ2v) is 4.80. The molecule has 0 amide bonds. The number of hydrogen-bond donors (Lipinski definition) is 1. The molecule has 2 aromatic carbocycles. The van der Waals surface area contributed by atoms with Crippen molar-refractivity contribution in [3.63, 3.8) is 0 Å². The summed E-state index contributed by atoms with van der Waals surface area (Å²) in [6.07, 6.45) is 2.01. The first-order chi connectivity index (χ1) is 10.2. The molecule has 0 aliphatic rings. The zero-order valence-electron chi connectivity index (χ0n) is 11.4. The lowest BCUT2D eigenvalue weighted by atomic mass is 10.0. The van der Waals surface area contributed by atoms with Crippen molar-refractivity contribution in [2.45, 2.75) is 12.5 Å². The maximum atomic E-state index is 13.6. The molecule has 0 fully saturated rings. The van der Waals surface area contributed by atoms with Gasteiger partial charge in [0.2, 0.25) is 0 Å². The van der Waals surface area contributed by atoms with Gasteiger partial charge in [-0.3, -0.25) is 0 Å². The molecular weight excluding hydrogens is 267 g/mol. The van der Waals surface area contributed by atoms with Gasteiger partial charge in [-0.25, -0.2) is 4.39 Å². The van der Waals surface area contributed by atoms with Gasteiger partial charge in [0.15, 0.2) is 0 Å². The highest BCUT2D eigenvalue weighted by atomic mass is 19.1. The number of benzene rings is 2. The van der Waals surface area contributed by atoms with E-state index in [4.69, 9.17) is 5.73 Å². The molecule has 3 rings (SSSR count). The van der Waals surface area contributed by atoms with Gasteiger partial charge in [0.25, 0.3) is 0 Å². The summed E-state index contributed by atoms with van der Waals surface area (Å²) in [5, 5.41) is 8.57. The minimum absolute atomic E-state index is 0.247. The van der Waals surface area contributed by atoms with E-state index in [9.17, 15) is 4.39 Å². The minimum atomic E-state index is -0.389. The van der Waals surface area contributed by atoms with Gasteiger partial charge in [0, 0.05) is 0 Å². The summed E-state index contributed by atoms with van der Waals surface area (Å²) in [6.45, 7) is 0. The summed E-state index contributed by atoms with van der Waals surface area (Å²) >= 11 is 0. The number of halogens is 1. The second kappa shape index (κ2) is 5.85. The standard InChI is InChI=1S/C16H15FN4/c17-14-9-5-4-6-12(14)10-15(18)16-11-19-21(20-16)13-7-2-1-3-8-13/h1-9,11,15H,10,18H2. The van der Waals surface area contributed by atoms with Crippen LogP contribution in [0, 0.1) is 5.82 Å². The Kier molecular flexibility index (Phi) is 3.75. The van der Waals surface area contributed by atoms with Crippen LogP contribution in [0.25, 0.3) is 5.69 Å². The monoisotopic (exact) mass is 282 g/mol. The third-order valence-electron chi connectivity index (χ3n) is 3.27. The molecule has 1 heterocycles. The predicted molar refractivity (Wildman–Crippen MR) is 78.4 cm³/mol. The van der Waals surface area contributed by atoms with Crippen molar-refractivity contribution < 1.29 is 4.39 Å². The first-order valence-corrected chi connectivity index (χ1v) is 6.70. The molecular formula is C16H15FN4. The molecule has 0 radical (unpaired) electrons. The van der Waals surface area contributed by atoms with Gasteiger partial charge in [-0.05, 0) is 30.2 Å². The molecule has 21 heavy (non-hydrogen) atoms. The topological polar surface area (TPSA) is 56.7 Å². The van der Waals surface area contributed by atoms with Crippen molar-refractivity contribution in [3.8, 4) is 5.69 Å². The largest absolute Gasteiger partial charge is 0.322 e. The van der Waals surface area contributed by atoms with E-state index in [-0.39, 0.29) is 11.9 Å². The van der Waals surface area contributed by atoms with Crippen LogP contribution < -0.4 is 5.73 Å². The van der Waals surface area contributed by atoms with E-state index in [1.165, 1.54) is 10.9 Å². The lowest BCUT2D eigenvalue weighted by Crippen LogP contribution is -2.15. The van der Waals surface area contributed by atoms with E-state index >= 15 is 0 Å². The smallest absolute Gasteiger partial charge is 0.126 e. The molecule has 0 spiro atoms. The van der Waals surface area contributed by atoms with Crippen LogP contribution in [0.2, 0.25) is 0 Å². The lowest BCUT2D eigenvalue weighted by Gasteiger charge is -2.09. The van der Waals surface area contributed by atoms with Crippen molar-refractivity contribution in [1.29, 1.82) is 0 Å². The van der Waals surface area contributed by atoms with E-state index in [2.05, 4.69) is 10.2 Å². The normalized spacial score (nSPS) is 12.3. The van der Waals surface area contributed by atoms with Gasteiger partial charge in [0.05, 0.1) is 17.9 Å². The van der Waals surface area contributed by atoms with E-state index in [1.54, 1.807) is 24.4 Å². The van der Waals surface area contributed by atoms with E-state index in [0.717, 1.165) is 5.69 Å². The zero-order chi connectivity index (χ0) is 14.7. The quantitative estimate of drug-likeness (QED) is 0.800. The fourth-order valence-electron chi connectivity index (χ4n) is 2.14. The van der Waals surface area contributed by atoms with Gasteiger partial charge in [-0.1, -0.05) is 36.4 Å². The van der Waals surface area contributed by atoms with E-state index < -0.39 is 0 Å². The Hall–Kier alpha value is -2.53. The van der Waals surface area contributed by atoms with Crippen molar-refractivity contribution in [1.82, 2.24) is 15.0 Å². The van der Waals surface area contributed by atoms with Crippen molar-refractivity contribution in [2.75, 3.05) is 0 Å². The third kappa shape index (κ3) is 2.98. The fourth-order valence-corrected chi connectivity index (χ4v) is 2.14. The maximum absolute atomic E-state index is 13.6. The molecule has 2 N–H and O–H groups in total. The average Bonchev–Trinajstić information content (AvgIpc) is 3.00. The molecule has 4 nitrogen and oxygen atoms in total. The number of aromatic nitrogens is 3. The Bertz CT molecular complexity index is 724. The van der Waals surface area contributed by atoms with Crippen molar-refractivity contribution >= 4 is 0 Å².